The molecule has 27 heavy (non-hydrogen) atoms. The van der Waals surface area contributed by atoms with Crippen molar-refractivity contribution in [3.8, 4) is 5.75 Å². The van der Waals surface area contributed by atoms with Gasteiger partial charge in [-0.2, -0.15) is 0 Å². The molecular weight excluding hydrogens is 407 g/mol. The van der Waals surface area contributed by atoms with Gasteiger partial charge in [0.25, 0.3) is 5.91 Å². The van der Waals surface area contributed by atoms with E-state index in [1.165, 1.54) is 11.3 Å². The lowest BCUT2D eigenvalue weighted by molar-refractivity contribution is 0.0741. The number of halogens is 2. The first-order valence-corrected chi connectivity index (χ1v) is 9.51. The molecule has 0 radical (unpaired) electrons. The Bertz CT molecular complexity index is 721. The predicted molar refractivity (Wildman–Crippen MR) is 115 cm³/mol. The van der Waals surface area contributed by atoms with Crippen LogP contribution < -0.4 is 15.4 Å². The molecule has 1 fully saturated rings. The van der Waals surface area contributed by atoms with Gasteiger partial charge in [-0.25, -0.2) is 4.98 Å². The average molecular weight is 433 g/mol. The number of carbonyl (C=O) groups excluding carboxylic acids is 1. The fourth-order valence-corrected chi connectivity index (χ4v) is 3.74. The lowest BCUT2D eigenvalue weighted by Crippen LogP contribution is -2.49. The SMILES string of the molecule is CCOc1ccccc1N1CCN(C(=O)c2csc(CCN)n2)CC1.Cl.Cl. The van der Waals surface area contributed by atoms with E-state index < -0.39 is 0 Å². The molecule has 9 heteroatoms. The maximum Gasteiger partial charge on any atom is 0.273 e. The maximum atomic E-state index is 12.6. The van der Waals surface area contributed by atoms with Crippen molar-refractivity contribution in [1.82, 2.24) is 9.88 Å². The molecule has 1 saturated heterocycles. The van der Waals surface area contributed by atoms with Crippen LogP contribution in [0.5, 0.6) is 5.75 Å². The zero-order chi connectivity index (χ0) is 17.6. The van der Waals surface area contributed by atoms with Gasteiger partial charge in [0.15, 0.2) is 0 Å². The molecule has 1 aromatic carbocycles. The fourth-order valence-electron chi connectivity index (χ4n) is 2.96. The van der Waals surface area contributed by atoms with Gasteiger partial charge in [-0.15, -0.1) is 36.2 Å². The van der Waals surface area contributed by atoms with Gasteiger partial charge < -0.3 is 20.3 Å². The zero-order valence-corrected chi connectivity index (χ0v) is 17.7. The van der Waals surface area contributed by atoms with E-state index in [9.17, 15) is 4.79 Å². The monoisotopic (exact) mass is 432 g/mol. The third-order valence-corrected chi connectivity index (χ3v) is 5.11. The summed E-state index contributed by atoms with van der Waals surface area (Å²) in [6.07, 6.45) is 0.722. The number of thiazole rings is 1. The number of benzene rings is 1. The molecule has 0 spiro atoms. The number of nitrogens with two attached hydrogens (primary N) is 1. The number of hydrogen-bond acceptors (Lipinski definition) is 6. The second-order valence-electron chi connectivity index (χ2n) is 5.85. The van der Waals surface area contributed by atoms with Gasteiger partial charge in [0.2, 0.25) is 0 Å². The van der Waals surface area contributed by atoms with Crippen LogP contribution in [0.1, 0.15) is 22.4 Å². The Balaban J connectivity index is 0.00000182. The van der Waals surface area contributed by atoms with Crippen molar-refractivity contribution in [3.05, 3.63) is 40.3 Å². The molecule has 2 heterocycles. The third-order valence-electron chi connectivity index (χ3n) is 4.20. The highest BCUT2D eigenvalue weighted by atomic mass is 35.5. The third kappa shape index (κ3) is 5.72. The number of rotatable bonds is 6. The van der Waals surface area contributed by atoms with Crippen LogP contribution in [-0.4, -0.2) is 55.1 Å². The molecule has 0 aliphatic carbocycles. The molecule has 0 saturated carbocycles. The van der Waals surface area contributed by atoms with Crippen LogP contribution in [0.2, 0.25) is 0 Å². The van der Waals surface area contributed by atoms with Gasteiger partial charge in [-0.05, 0) is 25.6 Å². The standard InChI is InChI=1S/C18H24N4O2S.2ClH/c1-2-24-16-6-4-3-5-15(16)21-9-11-22(12-10-21)18(23)14-13-25-17(20-14)7-8-19;;/h3-6,13H,2,7-12,19H2,1H3;2*1H. The molecule has 150 valence electrons. The van der Waals surface area contributed by atoms with E-state index in [-0.39, 0.29) is 30.7 Å². The van der Waals surface area contributed by atoms with Crippen LogP contribution in [0, 0.1) is 0 Å². The van der Waals surface area contributed by atoms with Crippen molar-refractivity contribution in [3.63, 3.8) is 0 Å². The van der Waals surface area contributed by atoms with Crippen LogP contribution in [0.25, 0.3) is 0 Å². The number of ether oxygens (including phenoxy) is 1. The molecular formula is C18H26Cl2N4O2S. The summed E-state index contributed by atoms with van der Waals surface area (Å²) >= 11 is 1.51. The quantitative estimate of drug-likeness (QED) is 0.759. The van der Waals surface area contributed by atoms with Crippen molar-refractivity contribution < 1.29 is 9.53 Å². The van der Waals surface area contributed by atoms with Crippen molar-refractivity contribution >= 4 is 47.7 Å². The summed E-state index contributed by atoms with van der Waals surface area (Å²) in [6.45, 7) is 6.13. The van der Waals surface area contributed by atoms with Crippen LogP contribution in [0.4, 0.5) is 5.69 Å². The van der Waals surface area contributed by atoms with Crippen LogP contribution in [-0.2, 0) is 6.42 Å². The Morgan fingerprint density at radius 3 is 2.59 bits per heavy atom. The average Bonchev–Trinajstić information content (AvgIpc) is 3.11. The van der Waals surface area contributed by atoms with Crippen LogP contribution in [0.3, 0.4) is 0 Å². The summed E-state index contributed by atoms with van der Waals surface area (Å²) in [5.41, 5.74) is 7.18. The van der Waals surface area contributed by atoms with Crippen LogP contribution in [0.15, 0.2) is 29.6 Å². The summed E-state index contributed by atoms with van der Waals surface area (Å²) in [5, 5.41) is 2.76. The molecule has 1 aliphatic rings. The highest BCUT2D eigenvalue weighted by molar-refractivity contribution is 7.09. The number of carbonyl (C=O) groups is 1. The van der Waals surface area contributed by atoms with Crippen molar-refractivity contribution in [1.29, 1.82) is 0 Å². The molecule has 1 aromatic heterocycles. The summed E-state index contributed by atoms with van der Waals surface area (Å²) in [4.78, 5) is 21.2. The zero-order valence-electron chi connectivity index (χ0n) is 15.3. The molecule has 0 bridgehead atoms. The van der Waals surface area contributed by atoms with E-state index in [1.54, 1.807) is 0 Å². The summed E-state index contributed by atoms with van der Waals surface area (Å²) in [6, 6.07) is 8.06. The first-order valence-electron chi connectivity index (χ1n) is 8.63. The largest absolute Gasteiger partial charge is 0.492 e. The Hall–Kier alpha value is -1.54. The molecule has 0 atom stereocenters. The normalized spacial score (nSPS) is 13.6. The number of anilines is 1. The Kier molecular flexibility index (Phi) is 9.87. The number of hydrogen-bond donors (Lipinski definition) is 1. The molecule has 0 unspecified atom stereocenters. The smallest absolute Gasteiger partial charge is 0.273 e. The van der Waals surface area contributed by atoms with E-state index in [4.69, 9.17) is 10.5 Å². The van der Waals surface area contributed by atoms with Gasteiger partial charge in [-0.3, -0.25) is 4.79 Å². The van der Waals surface area contributed by atoms with Gasteiger partial charge in [-0.1, -0.05) is 12.1 Å². The second kappa shape index (κ2) is 11.3. The van der Waals surface area contributed by atoms with Gasteiger partial charge in [0.05, 0.1) is 17.3 Å². The van der Waals surface area contributed by atoms with E-state index >= 15 is 0 Å². The van der Waals surface area contributed by atoms with Gasteiger partial charge in [0.1, 0.15) is 11.4 Å². The fraction of sp³-hybridized carbons (Fsp3) is 0.444. The van der Waals surface area contributed by atoms with Crippen LogP contribution >= 0.6 is 36.2 Å². The summed E-state index contributed by atoms with van der Waals surface area (Å²) in [7, 11) is 0. The molecule has 2 aromatic rings. The Morgan fingerprint density at radius 1 is 1.22 bits per heavy atom. The Morgan fingerprint density at radius 2 is 1.93 bits per heavy atom. The topological polar surface area (TPSA) is 71.7 Å². The van der Waals surface area contributed by atoms with Gasteiger partial charge in [0, 0.05) is 38.0 Å². The second-order valence-corrected chi connectivity index (χ2v) is 6.79. The number of amides is 1. The number of piperazine rings is 1. The van der Waals surface area contributed by atoms with E-state index in [0.29, 0.717) is 31.9 Å². The molecule has 1 aliphatic heterocycles. The molecule has 6 nitrogen and oxygen atoms in total. The molecule has 3 rings (SSSR count). The van der Waals surface area contributed by atoms with Gasteiger partial charge >= 0.3 is 0 Å². The first-order chi connectivity index (χ1) is 12.2. The summed E-state index contributed by atoms with van der Waals surface area (Å²) < 4.78 is 5.72. The number of aromatic nitrogens is 1. The number of para-hydroxylation sites is 2. The predicted octanol–water partition coefficient (Wildman–Crippen LogP) is 2.85. The first kappa shape index (κ1) is 23.5. The number of nitrogens with zero attached hydrogens (tertiary/aromatic N) is 3. The van der Waals surface area contributed by atoms with Crippen molar-refractivity contribution in [2.75, 3.05) is 44.2 Å². The minimum absolute atomic E-state index is 0. The Labute approximate surface area is 176 Å². The van der Waals surface area contributed by atoms with Crippen molar-refractivity contribution in [2.45, 2.75) is 13.3 Å². The van der Waals surface area contributed by atoms with E-state index in [0.717, 1.165) is 36.0 Å². The lowest BCUT2D eigenvalue weighted by Gasteiger charge is -2.36. The summed E-state index contributed by atoms with van der Waals surface area (Å²) in [5.74, 6) is 0.910. The maximum absolute atomic E-state index is 12.6. The minimum atomic E-state index is 0. The molecule has 2 N–H and O–H groups in total. The molecule has 1 amide bonds. The van der Waals surface area contributed by atoms with Crippen molar-refractivity contribution in [2.24, 2.45) is 5.73 Å². The minimum Gasteiger partial charge on any atom is -0.492 e. The van der Waals surface area contributed by atoms with E-state index in [1.807, 2.05) is 35.4 Å². The van der Waals surface area contributed by atoms with E-state index in [2.05, 4.69) is 16.0 Å². The lowest BCUT2D eigenvalue weighted by atomic mass is 10.2. The highest BCUT2D eigenvalue weighted by Crippen LogP contribution is 2.29. The highest BCUT2D eigenvalue weighted by Gasteiger charge is 2.25.